The molecule has 0 spiro atoms. The highest BCUT2D eigenvalue weighted by Crippen LogP contribution is 2.14. The molecule has 1 N–H and O–H groups in total. The van der Waals surface area contributed by atoms with Crippen molar-refractivity contribution in [2.75, 3.05) is 20.1 Å². The molecule has 0 bridgehead atoms. The summed E-state index contributed by atoms with van der Waals surface area (Å²) in [6.45, 7) is 4.30. The van der Waals surface area contributed by atoms with E-state index in [9.17, 15) is 4.39 Å². The second-order valence-corrected chi connectivity index (χ2v) is 5.06. The number of hydrogen-bond donors (Lipinski definition) is 1. The number of nitrogens with zero attached hydrogens (tertiary/aromatic N) is 1. The first kappa shape index (κ1) is 12.5. The molecule has 0 saturated carbocycles. The number of rotatable bonds is 4. The van der Waals surface area contributed by atoms with Gasteiger partial charge in [-0.3, -0.25) is 0 Å². The first-order valence-corrected chi connectivity index (χ1v) is 6.33. The minimum atomic E-state index is -0.142. The van der Waals surface area contributed by atoms with Crippen molar-refractivity contribution < 1.29 is 4.39 Å². The molecule has 3 heteroatoms. The molecule has 0 aliphatic carbocycles. The molecule has 1 aliphatic rings. The molecule has 1 saturated heterocycles. The summed E-state index contributed by atoms with van der Waals surface area (Å²) in [5, 5.41) is 3.55. The topological polar surface area (TPSA) is 15.3 Å². The van der Waals surface area contributed by atoms with E-state index in [1.54, 1.807) is 12.1 Å². The van der Waals surface area contributed by atoms with Crippen LogP contribution in [0.3, 0.4) is 0 Å². The van der Waals surface area contributed by atoms with E-state index in [1.165, 1.54) is 12.5 Å². The molecule has 0 aromatic heterocycles. The number of nitrogens with one attached hydrogen (secondary N) is 1. The van der Waals surface area contributed by atoms with Crippen LogP contribution < -0.4 is 5.32 Å². The molecule has 2 nitrogen and oxygen atoms in total. The lowest BCUT2D eigenvalue weighted by atomic mass is 10.1. The van der Waals surface area contributed by atoms with Gasteiger partial charge in [0.25, 0.3) is 0 Å². The molecular formula is C14H21FN2. The summed E-state index contributed by atoms with van der Waals surface area (Å²) in [6.07, 6.45) is 2.10. The highest BCUT2D eigenvalue weighted by Gasteiger charge is 2.25. The normalized spacial score (nSPS) is 25.4. The van der Waals surface area contributed by atoms with Gasteiger partial charge in [0, 0.05) is 18.6 Å². The first-order chi connectivity index (χ1) is 8.15. The van der Waals surface area contributed by atoms with Gasteiger partial charge in [-0.05, 0) is 51.1 Å². The lowest BCUT2D eigenvalue weighted by molar-refractivity contribution is 0.327. The Kier molecular flexibility index (Phi) is 4.13. The molecule has 2 atom stereocenters. The molecule has 0 radical (unpaired) electrons. The van der Waals surface area contributed by atoms with E-state index in [4.69, 9.17) is 0 Å². The van der Waals surface area contributed by atoms with Crippen molar-refractivity contribution >= 4 is 0 Å². The second-order valence-electron chi connectivity index (χ2n) is 5.06. The van der Waals surface area contributed by atoms with E-state index in [0.29, 0.717) is 12.1 Å². The molecule has 1 aromatic carbocycles. The Hall–Kier alpha value is -0.930. The smallest absolute Gasteiger partial charge is 0.123 e. The van der Waals surface area contributed by atoms with Gasteiger partial charge < -0.3 is 10.2 Å². The van der Waals surface area contributed by atoms with Gasteiger partial charge in [-0.15, -0.1) is 0 Å². The highest BCUT2D eigenvalue weighted by molar-refractivity contribution is 5.16. The Bertz CT molecular complexity index is 357. The van der Waals surface area contributed by atoms with Crippen molar-refractivity contribution in [3.8, 4) is 0 Å². The third-order valence-electron chi connectivity index (χ3n) is 3.62. The van der Waals surface area contributed by atoms with Crippen molar-refractivity contribution in [3.63, 3.8) is 0 Å². The zero-order valence-corrected chi connectivity index (χ0v) is 10.6. The van der Waals surface area contributed by atoms with Crippen LogP contribution in [0.1, 0.15) is 18.9 Å². The van der Waals surface area contributed by atoms with Crippen LogP contribution in [0.4, 0.5) is 4.39 Å². The number of hydrogen-bond acceptors (Lipinski definition) is 2. The van der Waals surface area contributed by atoms with Crippen molar-refractivity contribution in [2.24, 2.45) is 0 Å². The Labute approximate surface area is 103 Å². The van der Waals surface area contributed by atoms with Gasteiger partial charge in [-0.1, -0.05) is 12.1 Å². The Balaban J connectivity index is 1.73. The highest BCUT2D eigenvalue weighted by atomic mass is 19.1. The SMILES string of the molecule is CC1CC(NCCc2cccc(F)c2)CN1C. The summed E-state index contributed by atoms with van der Waals surface area (Å²) >= 11 is 0. The number of benzene rings is 1. The minimum Gasteiger partial charge on any atom is -0.312 e. The number of likely N-dealkylation sites (N-methyl/N-ethyl adjacent to an activating group) is 1. The van der Waals surface area contributed by atoms with E-state index < -0.39 is 0 Å². The van der Waals surface area contributed by atoms with Gasteiger partial charge in [0.05, 0.1) is 0 Å². The van der Waals surface area contributed by atoms with Gasteiger partial charge in [-0.2, -0.15) is 0 Å². The van der Waals surface area contributed by atoms with Crippen molar-refractivity contribution in [3.05, 3.63) is 35.6 Å². The van der Waals surface area contributed by atoms with Gasteiger partial charge in [-0.25, -0.2) is 4.39 Å². The molecule has 94 valence electrons. The predicted octanol–water partition coefficient (Wildman–Crippen LogP) is 2.05. The molecular weight excluding hydrogens is 215 g/mol. The van der Waals surface area contributed by atoms with E-state index in [0.717, 1.165) is 25.1 Å². The molecule has 1 aromatic rings. The summed E-state index contributed by atoms with van der Waals surface area (Å²) in [5.74, 6) is -0.142. The first-order valence-electron chi connectivity index (χ1n) is 6.33. The zero-order chi connectivity index (χ0) is 12.3. The van der Waals surface area contributed by atoms with Crippen molar-refractivity contribution in [1.82, 2.24) is 10.2 Å². The van der Waals surface area contributed by atoms with Crippen LogP contribution in [0.15, 0.2) is 24.3 Å². The summed E-state index contributed by atoms with van der Waals surface area (Å²) < 4.78 is 13.0. The largest absolute Gasteiger partial charge is 0.312 e. The third kappa shape index (κ3) is 3.51. The van der Waals surface area contributed by atoms with Crippen LogP contribution in [0.25, 0.3) is 0 Å². The predicted molar refractivity (Wildman–Crippen MR) is 68.6 cm³/mol. The molecule has 1 fully saturated rings. The van der Waals surface area contributed by atoms with Crippen LogP contribution in [0.2, 0.25) is 0 Å². The average Bonchev–Trinajstić information content (AvgIpc) is 2.58. The van der Waals surface area contributed by atoms with Crippen LogP contribution >= 0.6 is 0 Å². The van der Waals surface area contributed by atoms with Gasteiger partial charge >= 0.3 is 0 Å². The van der Waals surface area contributed by atoms with E-state index in [2.05, 4.69) is 24.2 Å². The fourth-order valence-electron chi connectivity index (χ4n) is 2.45. The van der Waals surface area contributed by atoms with E-state index >= 15 is 0 Å². The average molecular weight is 236 g/mol. The summed E-state index contributed by atoms with van der Waals surface area (Å²) in [6, 6.07) is 8.12. The third-order valence-corrected chi connectivity index (χ3v) is 3.62. The monoisotopic (exact) mass is 236 g/mol. The standard InChI is InChI=1S/C14H21FN2/c1-11-8-14(10-17(11)2)16-7-6-12-4-3-5-13(15)9-12/h3-5,9,11,14,16H,6-8,10H2,1-2H3. The quantitative estimate of drug-likeness (QED) is 0.860. The minimum absolute atomic E-state index is 0.142. The fraction of sp³-hybridized carbons (Fsp3) is 0.571. The molecule has 1 aliphatic heterocycles. The number of likely N-dealkylation sites (tertiary alicyclic amines) is 1. The van der Waals surface area contributed by atoms with E-state index in [1.807, 2.05) is 6.07 Å². The number of halogens is 1. The summed E-state index contributed by atoms with van der Waals surface area (Å²) in [4.78, 5) is 2.37. The van der Waals surface area contributed by atoms with Gasteiger partial charge in [0.15, 0.2) is 0 Å². The maximum absolute atomic E-state index is 13.0. The molecule has 1 heterocycles. The Morgan fingerprint density at radius 1 is 1.47 bits per heavy atom. The summed E-state index contributed by atoms with van der Waals surface area (Å²) in [5.41, 5.74) is 1.07. The second kappa shape index (κ2) is 5.61. The lowest BCUT2D eigenvalue weighted by Crippen LogP contribution is -2.32. The molecule has 2 rings (SSSR count). The van der Waals surface area contributed by atoms with Gasteiger partial charge in [0.2, 0.25) is 0 Å². The molecule has 0 amide bonds. The van der Waals surface area contributed by atoms with Crippen molar-refractivity contribution in [2.45, 2.75) is 31.8 Å². The van der Waals surface area contributed by atoms with Crippen LogP contribution in [-0.2, 0) is 6.42 Å². The van der Waals surface area contributed by atoms with Crippen LogP contribution in [0, 0.1) is 5.82 Å². The molecule has 2 unspecified atom stereocenters. The van der Waals surface area contributed by atoms with Crippen molar-refractivity contribution in [1.29, 1.82) is 0 Å². The fourth-order valence-corrected chi connectivity index (χ4v) is 2.45. The Morgan fingerprint density at radius 3 is 2.94 bits per heavy atom. The maximum atomic E-state index is 13.0. The summed E-state index contributed by atoms with van der Waals surface area (Å²) in [7, 11) is 2.17. The maximum Gasteiger partial charge on any atom is 0.123 e. The molecule has 17 heavy (non-hydrogen) atoms. The Morgan fingerprint density at radius 2 is 2.29 bits per heavy atom. The zero-order valence-electron chi connectivity index (χ0n) is 10.6. The van der Waals surface area contributed by atoms with Crippen LogP contribution in [-0.4, -0.2) is 37.1 Å². The van der Waals surface area contributed by atoms with E-state index in [-0.39, 0.29) is 5.82 Å². The van der Waals surface area contributed by atoms with Gasteiger partial charge in [0.1, 0.15) is 5.82 Å². The van der Waals surface area contributed by atoms with Crippen LogP contribution in [0.5, 0.6) is 0 Å². The lowest BCUT2D eigenvalue weighted by Gasteiger charge is -2.13.